The van der Waals surface area contributed by atoms with Gasteiger partial charge in [0.2, 0.25) is 6.29 Å². The van der Waals surface area contributed by atoms with Crippen LogP contribution in [0.4, 0.5) is 0 Å². The molecular formula is C8H15O4P. The van der Waals surface area contributed by atoms with Crippen LogP contribution in [0.25, 0.3) is 0 Å². The monoisotopic (exact) mass is 206 g/mol. The Balaban J connectivity index is 2.42. The van der Waals surface area contributed by atoms with Gasteiger partial charge in [-0.3, -0.25) is 13.9 Å². The first-order valence-corrected chi connectivity index (χ1v) is 5.62. The third-order valence-corrected chi connectivity index (χ3v) is 3.40. The van der Waals surface area contributed by atoms with Crippen LogP contribution in [0, 0.1) is 0 Å². The second kappa shape index (κ2) is 3.81. The Morgan fingerprint density at radius 2 is 2.15 bits per heavy atom. The third kappa shape index (κ3) is 3.12. The van der Waals surface area contributed by atoms with E-state index in [0.29, 0.717) is 12.8 Å². The summed E-state index contributed by atoms with van der Waals surface area (Å²) >= 11 is 0. The molecule has 13 heavy (non-hydrogen) atoms. The van der Waals surface area contributed by atoms with Crippen molar-refractivity contribution in [3.63, 3.8) is 0 Å². The van der Waals surface area contributed by atoms with Crippen molar-refractivity contribution >= 4 is 14.0 Å². The quantitative estimate of drug-likeness (QED) is 0.511. The number of carbonyl (C=O) groups is 1. The second-order valence-corrected chi connectivity index (χ2v) is 6.42. The molecule has 0 aromatic rings. The van der Waals surface area contributed by atoms with Gasteiger partial charge in [-0.1, -0.05) is 20.8 Å². The molecule has 1 fully saturated rings. The summed E-state index contributed by atoms with van der Waals surface area (Å²) < 4.78 is 21.4. The summed E-state index contributed by atoms with van der Waals surface area (Å²) in [5.41, 5.74) is 0. The minimum atomic E-state index is -2.14. The van der Waals surface area contributed by atoms with E-state index >= 15 is 0 Å². The lowest BCUT2D eigenvalue weighted by Gasteiger charge is -2.20. The number of esters is 1. The molecule has 0 bridgehead atoms. The summed E-state index contributed by atoms with van der Waals surface area (Å²) in [6.07, 6.45) is 0.299. The van der Waals surface area contributed by atoms with Gasteiger partial charge in [-0.25, -0.2) is 0 Å². The molecular weight excluding hydrogens is 191 g/mol. The van der Waals surface area contributed by atoms with Gasteiger partial charge in [0.15, 0.2) is 8.03 Å². The minimum absolute atomic E-state index is 0.270. The summed E-state index contributed by atoms with van der Waals surface area (Å²) in [5.74, 6) is -0.270. The maximum atomic E-state index is 11.5. The van der Waals surface area contributed by atoms with Crippen LogP contribution in [0.15, 0.2) is 0 Å². The van der Waals surface area contributed by atoms with Gasteiger partial charge in [0.25, 0.3) is 0 Å². The highest BCUT2D eigenvalue weighted by Crippen LogP contribution is 2.41. The number of hydrogen-bond donors (Lipinski definition) is 0. The SMILES string of the molecule is CC(C)(C)[PH](=O)OC1CCC(=O)O1. The lowest BCUT2D eigenvalue weighted by atomic mass is 10.3. The normalized spacial score (nSPS) is 25.8. The summed E-state index contributed by atoms with van der Waals surface area (Å²) in [7, 11) is -2.14. The zero-order valence-electron chi connectivity index (χ0n) is 8.12. The fourth-order valence-electron chi connectivity index (χ4n) is 0.879. The smallest absolute Gasteiger partial charge is 0.308 e. The summed E-state index contributed by atoms with van der Waals surface area (Å²) in [4.78, 5) is 10.7. The molecule has 1 saturated heterocycles. The van der Waals surface area contributed by atoms with Crippen LogP contribution in [0.2, 0.25) is 0 Å². The third-order valence-electron chi connectivity index (χ3n) is 1.70. The van der Waals surface area contributed by atoms with Crippen LogP contribution >= 0.6 is 8.03 Å². The van der Waals surface area contributed by atoms with Gasteiger partial charge in [0.1, 0.15) is 0 Å². The maximum absolute atomic E-state index is 11.5. The van der Waals surface area contributed by atoms with E-state index in [-0.39, 0.29) is 11.1 Å². The van der Waals surface area contributed by atoms with Crippen molar-refractivity contribution in [2.75, 3.05) is 0 Å². The average Bonchev–Trinajstić information content (AvgIpc) is 2.33. The zero-order chi connectivity index (χ0) is 10.1. The minimum Gasteiger partial charge on any atom is -0.435 e. The van der Waals surface area contributed by atoms with Crippen molar-refractivity contribution in [3.8, 4) is 0 Å². The number of rotatable bonds is 2. The van der Waals surface area contributed by atoms with Crippen LogP contribution < -0.4 is 0 Å². The van der Waals surface area contributed by atoms with Gasteiger partial charge in [-0.15, -0.1) is 0 Å². The van der Waals surface area contributed by atoms with E-state index in [4.69, 9.17) is 9.26 Å². The molecule has 1 heterocycles. The van der Waals surface area contributed by atoms with Crippen LogP contribution in [0.5, 0.6) is 0 Å². The van der Waals surface area contributed by atoms with Gasteiger partial charge in [0.05, 0.1) is 6.42 Å². The Morgan fingerprint density at radius 3 is 2.54 bits per heavy atom. The van der Waals surface area contributed by atoms with Gasteiger partial charge in [-0.2, -0.15) is 0 Å². The van der Waals surface area contributed by atoms with E-state index in [0.717, 1.165) is 0 Å². The van der Waals surface area contributed by atoms with Crippen molar-refractivity contribution in [1.82, 2.24) is 0 Å². The summed E-state index contributed by atoms with van der Waals surface area (Å²) in [6.45, 7) is 5.52. The first-order chi connectivity index (χ1) is 5.89. The Bertz CT molecular complexity index is 231. The molecule has 0 N–H and O–H groups in total. The standard InChI is InChI=1S/C8H15O4P/c1-8(2,3)13(10)12-7-5-4-6(9)11-7/h7,13H,4-5H2,1-3H3. The first kappa shape index (κ1) is 10.7. The van der Waals surface area contributed by atoms with Crippen LogP contribution in [-0.2, 0) is 18.6 Å². The molecule has 0 aliphatic carbocycles. The molecule has 2 atom stereocenters. The van der Waals surface area contributed by atoms with E-state index in [1.807, 2.05) is 20.8 Å². The molecule has 4 nitrogen and oxygen atoms in total. The van der Waals surface area contributed by atoms with Crippen molar-refractivity contribution in [2.24, 2.45) is 0 Å². The van der Waals surface area contributed by atoms with E-state index in [1.165, 1.54) is 0 Å². The molecule has 0 spiro atoms. The number of hydrogen-bond acceptors (Lipinski definition) is 4. The molecule has 0 amide bonds. The highest BCUT2D eigenvalue weighted by atomic mass is 31.1. The first-order valence-electron chi connectivity index (χ1n) is 4.30. The van der Waals surface area contributed by atoms with Gasteiger partial charge in [0, 0.05) is 11.6 Å². The number of cyclic esters (lactones) is 1. The van der Waals surface area contributed by atoms with E-state index in [1.54, 1.807) is 0 Å². The van der Waals surface area contributed by atoms with Crippen LogP contribution in [0.3, 0.4) is 0 Å². The molecule has 1 rings (SSSR count). The van der Waals surface area contributed by atoms with E-state index in [9.17, 15) is 9.36 Å². The fraction of sp³-hybridized carbons (Fsp3) is 0.875. The van der Waals surface area contributed by atoms with Gasteiger partial charge < -0.3 is 4.74 Å². The predicted molar refractivity (Wildman–Crippen MR) is 49.0 cm³/mol. The summed E-state index contributed by atoms with van der Waals surface area (Å²) in [6, 6.07) is 0. The van der Waals surface area contributed by atoms with E-state index < -0.39 is 14.3 Å². The molecule has 76 valence electrons. The molecule has 2 unspecified atom stereocenters. The van der Waals surface area contributed by atoms with Crippen molar-refractivity contribution in [1.29, 1.82) is 0 Å². The van der Waals surface area contributed by atoms with Crippen LogP contribution in [0.1, 0.15) is 33.6 Å². The largest absolute Gasteiger partial charge is 0.435 e. The molecule has 0 radical (unpaired) electrons. The Labute approximate surface area is 78.5 Å². The molecule has 1 aliphatic rings. The fourth-order valence-corrected chi connectivity index (χ4v) is 1.64. The highest BCUT2D eigenvalue weighted by Gasteiger charge is 2.29. The molecule has 0 saturated carbocycles. The van der Waals surface area contributed by atoms with Crippen molar-refractivity contribution in [3.05, 3.63) is 0 Å². The second-order valence-electron chi connectivity index (χ2n) is 4.11. The van der Waals surface area contributed by atoms with E-state index in [2.05, 4.69) is 0 Å². The number of carbonyl (C=O) groups excluding carboxylic acids is 1. The summed E-state index contributed by atoms with van der Waals surface area (Å²) in [5, 5.41) is -0.361. The molecule has 1 aliphatic heterocycles. The predicted octanol–water partition coefficient (Wildman–Crippen LogP) is 1.94. The lowest BCUT2D eigenvalue weighted by molar-refractivity contribution is -0.150. The van der Waals surface area contributed by atoms with Gasteiger partial charge in [-0.05, 0) is 0 Å². The number of ether oxygens (including phenoxy) is 1. The lowest BCUT2D eigenvalue weighted by Crippen LogP contribution is -2.14. The van der Waals surface area contributed by atoms with Crippen molar-refractivity contribution < 1.29 is 18.6 Å². The highest BCUT2D eigenvalue weighted by molar-refractivity contribution is 7.41. The molecule has 0 aromatic heterocycles. The maximum Gasteiger partial charge on any atom is 0.308 e. The Kier molecular flexibility index (Phi) is 3.14. The van der Waals surface area contributed by atoms with Crippen molar-refractivity contribution in [2.45, 2.75) is 45.1 Å². The topological polar surface area (TPSA) is 52.6 Å². The Morgan fingerprint density at radius 1 is 1.54 bits per heavy atom. The molecule has 0 aromatic carbocycles. The molecule has 5 heteroatoms. The zero-order valence-corrected chi connectivity index (χ0v) is 9.12. The van der Waals surface area contributed by atoms with Gasteiger partial charge >= 0.3 is 5.97 Å². The average molecular weight is 206 g/mol. The van der Waals surface area contributed by atoms with Crippen LogP contribution in [-0.4, -0.2) is 17.4 Å². The Hall–Kier alpha value is -0.340.